The van der Waals surface area contributed by atoms with Crippen LogP contribution in [0.2, 0.25) is 0 Å². The van der Waals surface area contributed by atoms with Gasteiger partial charge < -0.3 is 24.4 Å². The third-order valence-electron chi connectivity index (χ3n) is 5.05. The molecule has 2 fully saturated rings. The molecule has 0 bridgehead atoms. The topological polar surface area (TPSA) is 65.5 Å². The van der Waals surface area contributed by atoms with Crippen molar-refractivity contribution in [3.8, 4) is 5.75 Å². The average Bonchev–Trinajstić information content (AvgIpc) is 3.02. The molecular weight excluding hydrogens is 334 g/mol. The van der Waals surface area contributed by atoms with Crippen molar-refractivity contribution in [2.45, 2.75) is 18.7 Å². The van der Waals surface area contributed by atoms with Crippen LogP contribution in [0, 0.1) is 0 Å². The van der Waals surface area contributed by atoms with Crippen LogP contribution in [-0.2, 0) is 16.1 Å². The summed E-state index contributed by atoms with van der Waals surface area (Å²) >= 11 is 0. The van der Waals surface area contributed by atoms with Gasteiger partial charge in [0.25, 0.3) is 5.91 Å². The summed E-state index contributed by atoms with van der Waals surface area (Å²) in [7, 11) is 4.00. The van der Waals surface area contributed by atoms with Gasteiger partial charge in [-0.3, -0.25) is 9.69 Å². The standard InChI is InChI=1S/C19H29N3O4/c1-20(2)17-12-21(13-18(17)23)11-15-3-5-16(6-4-15)26-14-19(24)22-7-9-25-10-8-22/h3-6,17-18,23H,7-14H2,1-2H3/t17-,18-/m0/s1. The summed E-state index contributed by atoms with van der Waals surface area (Å²) in [4.78, 5) is 18.2. The highest BCUT2D eigenvalue weighted by atomic mass is 16.5. The van der Waals surface area contributed by atoms with Gasteiger partial charge in [0.15, 0.2) is 6.61 Å². The molecule has 2 heterocycles. The number of likely N-dealkylation sites (N-methyl/N-ethyl adjacent to an activating group) is 1. The second-order valence-corrected chi connectivity index (χ2v) is 7.22. The molecule has 2 aliphatic heterocycles. The van der Waals surface area contributed by atoms with E-state index in [9.17, 15) is 9.90 Å². The van der Waals surface area contributed by atoms with Gasteiger partial charge in [-0.1, -0.05) is 12.1 Å². The summed E-state index contributed by atoms with van der Waals surface area (Å²) in [5.41, 5.74) is 1.17. The fraction of sp³-hybridized carbons (Fsp3) is 0.632. The summed E-state index contributed by atoms with van der Waals surface area (Å²) < 4.78 is 10.9. The Bertz CT molecular complexity index is 587. The molecule has 2 aliphatic rings. The van der Waals surface area contributed by atoms with Gasteiger partial charge in [0.1, 0.15) is 5.75 Å². The number of nitrogens with zero attached hydrogens (tertiary/aromatic N) is 3. The van der Waals surface area contributed by atoms with Gasteiger partial charge in [-0.2, -0.15) is 0 Å². The molecule has 2 atom stereocenters. The normalized spacial score (nSPS) is 24.2. The number of ether oxygens (including phenoxy) is 2. The number of morpholine rings is 1. The largest absolute Gasteiger partial charge is 0.484 e. The number of carbonyl (C=O) groups is 1. The first-order chi connectivity index (χ1) is 12.5. The molecule has 3 rings (SSSR count). The molecule has 0 radical (unpaired) electrons. The van der Waals surface area contributed by atoms with Crippen LogP contribution in [0.25, 0.3) is 0 Å². The lowest BCUT2D eigenvalue weighted by Gasteiger charge is -2.26. The van der Waals surface area contributed by atoms with E-state index in [2.05, 4.69) is 9.80 Å². The summed E-state index contributed by atoms with van der Waals surface area (Å²) in [5, 5.41) is 10.1. The molecule has 0 saturated carbocycles. The minimum absolute atomic E-state index is 0.00171. The van der Waals surface area contributed by atoms with E-state index in [-0.39, 0.29) is 24.7 Å². The first kappa shape index (κ1) is 19.1. The van der Waals surface area contributed by atoms with E-state index < -0.39 is 0 Å². The number of rotatable bonds is 6. The number of likely N-dealkylation sites (tertiary alicyclic amines) is 1. The van der Waals surface area contributed by atoms with Gasteiger partial charge in [-0.05, 0) is 31.8 Å². The van der Waals surface area contributed by atoms with Crippen LogP contribution in [0.1, 0.15) is 5.56 Å². The lowest BCUT2D eigenvalue weighted by atomic mass is 10.2. The third-order valence-corrected chi connectivity index (χ3v) is 5.05. The molecule has 26 heavy (non-hydrogen) atoms. The number of amides is 1. The van der Waals surface area contributed by atoms with E-state index in [1.165, 1.54) is 5.56 Å². The number of aliphatic hydroxyl groups excluding tert-OH is 1. The minimum Gasteiger partial charge on any atom is -0.484 e. The van der Waals surface area contributed by atoms with Crippen LogP contribution < -0.4 is 4.74 Å². The van der Waals surface area contributed by atoms with Crippen LogP contribution in [0.15, 0.2) is 24.3 Å². The molecule has 2 saturated heterocycles. The van der Waals surface area contributed by atoms with Crippen LogP contribution in [0.4, 0.5) is 0 Å². The predicted molar refractivity (Wildman–Crippen MR) is 98.1 cm³/mol. The van der Waals surface area contributed by atoms with E-state index in [0.29, 0.717) is 38.6 Å². The molecule has 0 aliphatic carbocycles. The van der Waals surface area contributed by atoms with Gasteiger partial charge in [0.2, 0.25) is 0 Å². The molecule has 0 aromatic heterocycles. The number of aliphatic hydroxyl groups is 1. The summed E-state index contributed by atoms with van der Waals surface area (Å²) in [6.07, 6.45) is -0.307. The van der Waals surface area contributed by atoms with Crippen LogP contribution >= 0.6 is 0 Å². The molecular formula is C19H29N3O4. The van der Waals surface area contributed by atoms with Crippen LogP contribution in [0.5, 0.6) is 5.75 Å². The molecule has 1 amide bonds. The monoisotopic (exact) mass is 363 g/mol. The second-order valence-electron chi connectivity index (χ2n) is 7.22. The zero-order chi connectivity index (χ0) is 18.5. The van der Waals surface area contributed by atoms with Gasteiger partial charge in [0.05, 0.1) is 19.3 Å². The first-order valence-corrected chi connectivity index (χ1v) is 9.17. The number of β-amino-alcohol motifs (C(OH)–C–C–N with tert-alkyl or cyclic N) is 1. The lowest BCUT2D eigenvalue weighted by Crippen LogP contribution is -2.42. The Labute approximate surface area is 155 Å². The Morgan fingerprint density at radius 3 is 2.54 bits per heavy atom. The van der Waals surface area contributed by atoms with Crippen LogP contribution in [0.3, 0.4) is 0 Å². The number of hydrogen-bond donors (Lipinski definition) is 1. The van der Waals surface area contributed by atoms with Crippen molar-refractivity contribution in [3.05, 3.63) is 29.8 Å². The van der Waals surface area contributed by atoms with E-state index in [0.717, 1.165) is 13.1 Å². The Hall–Kier alpha value is -1.67. The molecule has 7 heteroatoms. The zero-order valence-corrected chi connectivity index (χ0v) is 15.6. The lowest BCUT2D eigenvalue weighted by molar-refractivity contribution is -0.137. The van der Waals surface area contributed by atoms with Crippen molar-refractivity contribution in [2.75, 3.05) is 60.1 Å². The molecule has 144 valence electrons. The van der Waals surface area contributed by atoms with E-state index >= 15 is 0 Å². The Morgan fingerprint density at radius 1 is 1.23 bits per heavy atom. The maximum atomic E-state index is 12.1. The number of hydrogen-bond acceptors (Lipinski definition) is 6. The zero-order valence-electron chi connectivity index (χ0n) is 15.6. The summed E-state index contributed by atoms with van der Waals surface area (Å²) in [6.45, 7) is 4.88. The third kappa shape index (κ3) is 4.94. The molecule has 1 N–H and O–H groups in total. The molecule has 7 nitrogen and oxygen atoms in total. The fourth-order valence-electron chi connectivity index (χ4n) is 3.48. The molecule has 1 aromatic rings. The predicted octanol–water partition coefficient (Wildman–Crippen LogP) is 0.0309. The van der Waals surface area contributed by atoms with Gasteiger partial charge in [-0.15, -0.1) is 0 Å². The van der Waals surface area contributed by atoms with Crippen LogP contribution in [-0.4, -0.2) is 98.0 Å². The van der Waals surface area contributed by atoms with Gasteiger partial charge in [-0.25, -0.2) is 0 Å². The smallest absolute Gasteiger partial charge is 0.260 e. The Kier molecular flexibility index (Phi) is 6.48. The van der Waals surface area contributed by atoms with Gasteiger partial charge in [0, 0.05) is 38.8 Å². The molecule has 1 aromatic carbocycles. The van der Waals surface area contributed by atoms with Crippen molar-refractivity contribution in [1.82, 2.24) is 14.7 Å². The highest BCUT2D eigenvalue weighted by Gasteiger charge is 2.32. The van der Waals surface area contributed by atoms with E-state index in [1.807, 2.05) is 38.4 Å². The Balaban J connectivity index is 1.45. The van der Waals surface area contributed by atoms with Crippen molar-refractivity contribution in [2.24, 2.45) is 0 Å². The highest BCUT2D eigenvalue weighted by molar-refractivity contribution is 5.77. The minimum atomic E-state index is -0.307. The van der Waals surface area contributed by atoms with E-state index in [1.54, 1.807) is 4.90 Å². The number of carbonyl (C=O) groups excluding carboxylic acids is 1. The highest BCUT2D eigenvalue weighted by Crippen LogP contribution is 2.19. The summed E-state index contributed by atoms with van der Waals surface area (Å²) in [6, 6.07) is 8.02. The maximum Gasteiger partial charge on any atom is 0.260 e. The first-order valence-electron chi connectivity index (χ1n) is 9.17. The summed E-state index contributed by atoms with van der Waals surface area (Å²) in [5.74, 6) is 0.696. The van der Waals surface area contributed by atoms with Crippen molar-refractivity contribution in [1.29, 1.82) is 0 Å². The average molecular weight is 363 g/mol. The van der Waals surface area contributed by atoms with Crippen molar-refractivity contribution >= 4 is 5.91 Å². The SMILES string of the molecule is CN(C)[C@H]1CN(Cc2ccc(OCC(=O)N3CCOCC3)cc2)C[C@@H]1O. The maximum absolute atomic E-state index is 12.1. The molecule has 0 spiro atoms. The quantitative estimate of drug-likeness (QED) is 0.769. The van der Waals surface area contributed by atoms with E-state index in [4.69, 9.17) is 9.47 Å². The number of benzene rings is 1. The van der Waals surface area contributed by atoms with Crippen molar-refractivity contribution in [3.63, 3.8) is 0 Å². The van der Waals surface area contributed by atoms with Crippen molar-refractivity contribution < 1.29 is 19.4 Å². The van der Waals surface area contributed by atoms with Gasteiger partial charge >= 0.3 is 0 Å². The Morgan fingerprint density at radius 2 is 1.92 bits per heavy atom. The fourth-order valence-corrected chi connectivity index (χ4v) is 3.48. The molecule has 0 unspecified atom stereocenters. The second kappa shape index (κ2) is 8.81.